The van der Waals surface area contributed by atoms with Crippen LogP contribution in [-0.2, 0) is 14.3 Å². The number of carboxylic acids is 1. The normalized spacial score (nSPS) is 34.7. The summed E-state index contributed by atoms with van der Waals surface area (Å²) in [5.41, 5.74) is -0.988. The summed E-state index contributed by atoms with van der Waals surface area (Å²) in [5.74, 6) is -1.05. The van der Waals surface area contributed by atoms with Gasteiger partial charge in [-0.2, -0.15) is 0 Å². The van der Waals surface area contributed by atoms with E-state index in [9.17, 15) is 14.7 Å². The van der Waals surface area contributed by atoms with Crippen molar-refractivity contribution < 1.29 is 19.4 Å². The van der Waals surface area contributed by atoms with Crippen LogP contribution in [0.25, 0.3) is 0 Å². The number of aliphatic carboxylic acids is 1. The summed E-state index contributed by atoms with van der Waals surface area (Å²) in [6, 6.07) is 0. The molecule has 2 rings (SSSR count). The Kier molecular flexibility index (Phi) is 4.13. The summed E-state index contributed by atoms with van der Waals surface area (Å²) < 4.78 is 5.56. The van der Waals surface area contributed by atoms with E-state index in [-0.39, 0.29) is 17.9 Å². The van der Waals surface area contributed by atoms with Gasteiger partial charge in [-0.1, -0.05) is 13.8 Å². The second kappa shape index (κ2) is 5.49. The molecule has 5 nitrogen and oxygen atoms in total. The van der Waals surface area contributed by atoms with Crippen LogP contribution in [0.15, 0.2) is 0 Å². The Morgan fingerprint density at radius 2 is 2.16 bits per heavy atom. The monoisotopic (exact) mass is 269 g/mol. The maximum absolute atomic E-state index is 12.7. The second-order valence-corrected chi connectivity index (χ2v) is 5.50. The van der Waals surface area contributed by atoms with E-state index in [0.29, 0.717) is 32.4 Å². The average molecular weight is 269 g/mol. The Labute approximate surface area is 113 Å². The SMILES string of the molecule is CCC1OCCC1C(=O)N1CCCC1(CC)C(=O)O. The van der Waals surface area contributed by atoms with Gasteiger partial charge in [-0.25, -0.2) is 4.79 Å². The number of ether oxygens (including phenoxy) is 1. The average Bonchev–Trinajstić information content (AvgIpc) is 3.04. The Hall–Kier alpha value is -1.10. The van der Waals surface area contributed by atoms with Gasteiger partial charge >= 0.3 is 5.97 Å². The molecule has 2 fully saturated rings. The topological polar surface area (TPSA) is 66.8 Å². The van der Waals surface area contributed by atoms with Crippen molar-refractivity contribution in [2.75, 3.05) is 13.2 Å². The summed E-state index contributed by atoms with van der Waals surface area (Å²) in [5, 5.41) is 9.52. The highest BCUT2D eigenvalue weighted by Gasteiger charge is 2.51. The third kappa shape index (κ3) is 2.24. The van der Waals surface area contributed by atoms with Crippen molar-refractivity contribution in [3.8, 4) is 0 Å². The van der Waals surface area contributed by atoms with Gasteiger partial charge in [0, 0.05) is 13.2 Å². The molecule has 19 heavy (non-hydrogen) atoms. The van der Waals surface area contributed by atoms with Gasteiger partial charge in [0.1, 0.15) is 5.54 Å². The van der Waals surface area contributed by atoms with E-state index in [1.807, 2.05) is 13.8 Å². The van der Waals surface area contributed by atoms with E-state index >= 15 is 0 Å². The van der Waals surface area contributed by atoms with Gasteiger partial charge in [-0.05, 0) is 32.1 Å². The first-order valence-corrected chi connectivity index (χ1v) is 7.23. The number of hydrogen-bond acceptors (Lipinski definition) is 3. The van der Waals surface area contributed by atoms with Gasteiger partial charge < -0.3 is 14.7 Å². The number of nitrogens with zero attached hydrogens (tertiary/aromatic N) is 1. The number of likely N-dealkylation sites (tertiary alicyclic amines) is 1. The fourth-order valence-corrected chi connectivity index (χ4v) is 3.47. The molecule has 0 radical (unpaired) electrons. The summed E-state index contributed by atoms with van der Waals surface area (Å²) in [6.07, 6.45) is 3.28. The Morgan fingerprint density at radius 3 is 2.74 bits per heavy atom. The van der Waals surface area contributed by atoms with Crippen molar-refractivity contribution in [1.82, 2.24) is 4.90 Å². The first kappa shape index (κ1) is 14.3. The first-order chi connectivity index (χ1) is 9.06. The number of hydrogen-bond donors (Lipinski definition) is 1. The molecule has 0 bridgehead atoms. The van der Waals surface area contributed by atoms with Crippen molar-refractivity contribution in [2.24, 2.45) is 5.92 Å². The number of carbonyl (C=O) groups excluding carboxylic acids is 1. The standard InChI is InChI=1S/C14H23NO4/c1-3-11-10(6-9-19-11)12(16)15-8-5-7-14(15,4-2)13(17)18/h10-11H,3-9H2,1-2H3,(H,17,18). The molecule has 1 amide bonds. The molecule has 0 aliphatic carbocycles. The van der Waals surface area contributed by atoms with Gasteiger partial charge in [-0.3, -0.25) is 4.79 Å². The van der Waals surface area contributed by atoms with Crippen molar-refractivity contribution in [1.29, 1.82) is 0 Å². The summed E-state index contributed by atoms with van der Waals surface area (Å²) in [4.78, 5) is 25.9. The smallest absolute Gasteiger partial charge is 0.329 e. The van der Waals surface area contributed by atoms with E-state index in [1.54, 1.807) is 4.90 Å². The molecule has 0 spiro atoms. The molecule has 1 N–H and O–H groups in total. The zero-order valence-corrected chi connectivity index (χ0v) is 11.7. The van der Waals surface area contributed by atoms with Crippen LogP contribution in [0.2, 0.25) is 0 Å². The van der Waals surface area contributed by atoms with Crippen LogP contribution in [-0.4, -0.2) is 46.7 Å². The largest absolute Gasteiger partial charge is 0.479 e. The maximum Gasteiger partial charge on any atom is 0.329 e. The fraction of sp³-hybridized carbons (Fsp3) is 0.857. The molecule has 3 unspecified atom stereocenters. The summed E-state index contributed by atoms with van der Waals surface area (Å²) in [6.45, 7) is 5.02. The summed E-state index contributed by atoms with van der Waals surface area (Å²) >= 11 is 0. The van der Waals surface area contributed by atoms with Crippen molar-refractivity contribution in [3.05, 3.63) is 0 Å². The van der Waals surface area contributed by atoms with Crippen LogP contribution in [0.1, 0.15) is 46.0 Å². The minimum Gasteiger partial charge on any atom is -0.479 e. The van der Waals surface area contributed by atoms with Crippen LogP contribution in [0.5, 0.6) is 0 Å². The highest BCUT2D eigenvalue weighted by atomic mass is 16.5. The molecule has 2 heterocycles. The third-order valence-corrected chi connectivity index (χ3v) is 4.67. The lowest BCUT2D eigenvalue weighted by atomic mass is 9.90. The lowest BCUT2D eigenvalue weighted by Crippen LogP contribution is -2.55. The first-order valence-electron chi connectivity index (χ1n) is 7.23. The van der Waals surface area contributed by atoms with E-state index in [1.165, 1.54) is 0 Å². The van der Waals surface area contributed by atoms with E-state index < -0.39 is 11.5 Å². The van der Waals surface area contributed by atoms with Crippen LogP contribution >= 0.6 is 0 Å². The zero-order chi connectivity index (χ0) is 14.0. The molecular formula is C14H23NO4. The van der Waals surface area contributed by atoms with E-state index in [0.717, 1.165) is 12.8 Å². The molecular weight excluding hydrogens is 246 g/mol. The van der Waals surface area contributed by atoms with E-state index in [4.69, 9.17) is 4.74 Å². The number of carboxylic acid groups (broad SMARTS) is 1. The molecule has 2 aliphatic rings. The maximum atomic E-state index is 12.7. The van der Waals surface area contributed by atoms with Gasteiger partial charge in [0.05, 0.1) is 12.0 Å². The van der Waals surface area contributed by atoms with Crippen molar-refractivity contribution in [3.63, 3.8) is 0 Å². The van der Waals surface area contributed by atoms with E-state index in [2.05, 4.69) is 0 Å². The molecule has 2 saturated heterocycles. The fourth-order valence-electron chi connectivity index (χ4n) is 3.47. The molecule has 0 aromatic carbocycles. The molecule has 0 aromatic heterocycles. The van der Waals surface area contributed by atoms with Crippen LogP contribution in [0.3, 0.4) is 0 Å². The predicted molar refractivity (Wildman–Crippen MR) is 69.7 cm³/mol. The van der Waals surface area contributed by atoms with Gasteiger partial charge in [0.2, 0.25) is 5.91 Å². The molecule has 5 heteroatoms. The Balaban J connectivity index is 2.20. The molecule has 2 aliphatic heterocycles. The summed E-state index contributed by atoms with van der Waals surface area (Å²) in [7, 11) is 0. The minimum absolute atomic E-state index is 0.0221. The molecule has 0 aromatic rings. The molecule has 108 valence electrons. The molecule has 0 saturated carbocycles. The van der Waals surface area contributed by atoms with Gasteiger partial charge in [0.25, 0.3) is 0 Å². The van der Waals surface area contributed by atoms with Crippen LogP contribution in [0.4, 0.5) is 0 Å². The molecule has 3 atom stereocenters. The zero-order valence-electron chi connectivity index (χ0n) is 11.7. The van der Waals surface area contributed by atoms with Crippen molar-refractivity contribution in [2.45, 2.75) is 57.6 Å². The van der Waals surface area contributed by atoms with Crippen LogP contribution < -0.4 is 0 Å². The highest BCUT2D eigenvalue weighted by Crippen LogP contribution is 2.36. The number of rotatable bonds is 4. The number of carbonyl (C=O) groups is 2. The van der Waals surface area contributed by atoms with Crippen molar-refractivity contribution >= 4 is 11.9 Å². The Bertz CT molecular complexity index is 370. The minimum atomic E-state index is -0.988. The third-order valence-electron chi connectivity index (χ3n) is 4.67. The Morgan fingerprint density at radius 1 is 1.42 bits per heavy atom. The lowest BCUT2D eigenvalue weighted by molar-refractivity contribution is -0.159. The lowest BCUT2D eigenvalue weighted by Gasteiger charge is -2.36. The second-order valence-electron chi connectivity index (χ2n) is 5.50. The highest BCUT2D eigenvalue weighted by molar-refractivity contribution is 5.89. The van der Waals surface area contributed by atoms with Crippen LogP contribution in [0, 0.1) is 5.92 Å². The predicted octanol–water partition coefficient (Wildman–Crippen LogP) is 1.66. The van der Waals surface area contributed by atoms with Gasteiger partial charge in [-0.15, -0.1) is 0 Å². The number of amides is 1. The van der Waals surface area contributed by atoms with Gasteiger partial charge in [0.15, 0.2) is 0 Å². The quantitative estimate of drug-likeness (QED) is 0.843.